The van der Waals surface area contributed by atoms with Gasteiger partial charge in [0.1, 0.15) is 5.75 Å². The van der Waals surface area contributed by atoms with Crippen LogP contribution in [0.5, 0.6) is 5.75 Å². The number of hydrogen-bond acceptors (Lipinski definition) is 7. The second-order valence-corrected chi connectivity index (χ2v) is 8.08. The summed E-state index contributed by atoms with van der Waals surface area (Å²) in [6, 6.07) is 18.6. The lowest BCUT2D eigenvalue weighted by molar-refractivity contribution is -0.123. The number of hydrazone groups is 1. The molecule has 0 unspecified atom stereocenters. The topological polar surface area (TPSA) is 106 Å². The zero-order chi connectivity index (χ0) is 23.5. The third kappa shape index (κ3) is 8.74. The molecule has 0 spiro atoms. The predicted octanol–water partition coefficient (Wildman–Crippen LogP) is 3.03. The molecule has 0 saturated carbocycles. The third-order valence-electron chi connectivity index (χ3n) is 4.28. The van der Waals surface area contributed by atoms with Gasteiger partial charge in [-0.3, -0.25) is 9.59 Å². The van der Waals surface area contributed by atoms with Gasteiger partial charge in [-0.1, -0.05) is 42.1 Å². The van der Waals surface area contributed by atoms with Crippen LogP contribution in [0.1, 0.15) is 22.5 Å². The highest BCUT2D eigenvalue weighted by Crippen LogP contribution is 2.14. The van der Waals surface area contributed by atoms with Crippen LogP contribution in [0.4, 0.5) is 0 Å². The normalized spacial score (nSPS) is 10.7. The van der Waals surface area contributed by atoms with Gasteiger partial charge in [0.2, 0.25) is 0 Å². The van der Waals surface area contributed by atoms with E-state index in [4.69, 9.17) is 4.74 Å². The zero-order valence-corrected chi connectivity index (χ0v) is 19.3. The van der Waals surface area contributed by atoms with Gasteiger partial charge in [-0.05, 0) is 55.3 Å². The molecule has 2 N–H and O–H groups in total. The van der Waals surface area contributed by atoms with E-state index in [-0.39, 0.29) is 24.2 Å². The number of carbonyl (C=O) groups excluding carboxylic acids is 2. The Morgan fingerprint density at radius 2 is 1.70 bits per heavy atom. The minimum absolute atomic E-state index is 0.0713. The van der Waals surface area contributed by atoms with Crippen molar-refractivity contribution in [3.63, 3.8) is 0 Å². The van der Waals surface area contributed by atoms with Crippen LogP contribution in [0.15, 0.2) is 70.9 Å². The molecular weight excluding hydrogens is 438 g/mol. The van der Waals surface area contributed by atoms with Crippen LogP contribution in [0, 0.1) is 13.8 Å². The molecule has 2 aromatic carbocycles. The summed E-state index contributed by atoms with van der Waals surface area (Å²) in [5.74, 6) is 0.284. The maximum Gasteiger partial charge on any atom is 0.258 e. The van der Waals surface area contributed by atoms with Crippen molar-refractivity contribution in [2.75, 3.05) is 12.4 Å². The predicted molar refractivity (Wildman–Crippen MR) is 128 cm³/mol. The minimum Gasteiger partial charge on any atom is -0.484 e. The number of benzene rings is 2. The van der Waals surface area contributed by atoms with Gasteiger partial charge in [-0.15, -0.1) is 0 Å². The van der Waals surface area contributed by atoms with Crippen LogP contribution in [-0.2, 0) is 16.1 Å². The molecule has 0 aliphatic rings. The lowest BCUT2D eigenvalue weighted by atomic mass is 10.2. The van der Waals surface area contributed by atoms with E-state index in [1.807, 2.05) is 50.2 Å². The van der Waals surface area contributed by atoms with Crippen molar-refractivity contribution in [3.8, 4) is 5.75 Å². The first kappa shape index (κ1) is 23.9. The van der Waals surface area contributed by atoms with Crippen molar-refractivity contribution in [1.29, 1.82) is 0 Å². The van der Waals surface area contributed by atoms with E-state index < -0.39 is 0 Å². The molecule has 3 aromatic rings. The Balaban J connectivity index is 1.36. The van der Waals surface area contributed by atoms with E-state index in [2.05, 4.69) is 25.8 Å². The molecule has 0 radical (unpaired) electrons. The second-order valence-electron chi connectivity index (χ2n) is 7.14. The standard InChI is InChI=1S/C24H25N5O3S/c1-17-12-18(2)28-24(27-17)33-16-23(31)29-26-14-20-8-10-21(11-9-20)32-15-22(30)25-13-19-6-4-3-5-7-19/h3-12,14H,13,15-16H2,1-2H3,(H,25,30)(H,29,31)/b26-14+. The van der Waals surface area contributed by atoms with Crippen LogP contribution in [-0.4, -0.2) is 40.4 Å². The zero-order valence-electron chi connectivity index (χ0n) is 18.4. The molecular formula is C24H25N5O3S. The molecule has 1 heterocycles. The van der Waals surface area contributed by atoms with E-state index in [0.717, 1.165) is 22.5 Å². The molecule has 0 fully saturated rings. The highest BCUT2D eigenvalue weighted by atomic mass is 32.2. The molecule has 0 aliphatic carbocycles. The molecule has 9 heteroatoms. The van der Waals surface area contributed by atoms with Gasteiger partial charge >= 0.3 is 0 Å². The molecule has 0 atom stereocenters. The number of ether oxygens (including phenoxy) is 1. The SMILES string of the molecule is Cc1cc(C)nc(SCC(=O)N/N=C/c2ccc(OCC(=O)NCc3ccccc3)cc2)n1. The summed E-state index contributed by atoms with van der Waals surface area (Å²) in [6.07, 6.45) is 1.53. The first-order valence-electron chi connectivity index (χ1n) is 10.3. The Bertz CT molecular complexity index is 1080. The van der Waals surface area contributed by atoms with Gasteiger partial charge in [0.25, 0.3) is 11.8 Å². The van der Waals surface area contributed by atoms with Crippen molar-refractivity contribution in [2.45, 2.75) is 25.5 Å². The van der Waals surface area contributed by atoms with E-state index >= 15 is 0 Å². The van der Waals surface area contributed by atoms with Crippen molar-refractivity contribution in [3.05, 3.63) is 83.2 Å². The lowest BCUT2D eigenvalue weighted by Crippen LogP contribution is -2.28. The number of rotatable bonds is 10. The summed E-state index contributed by atoms with van der Waals surface area (Å²) < 4.78 is 5.50. The Morgan fingerprint density at radius 3 is 2.39 bits per heavy atom. The second kappa shape index (κ2) is 12.4. The first-order valence-corrected chi connectivity index (χ1v) is 11.3. The van der Waals surface area contributed by atoms with Gasteiger partial charge < -0.3 is 10.1 Å². The average molecular weight is 464 g/mol. The fourth-order valence-corrected chi connectivity index (χ4v) is 3.49. The molecule has 8 nitrogen and oxygen atoms in total. The quantitative estimate of drug-likeness (QED) is 0.207. The van der Waals surface area contributed by atoms with Crippen LogP contribution < -0.4 is 15.5 Å². The van der Waals surface area contributed by atoms with Crippen LogP contribution in [0.3, 0.4) is 0 Å². The molecule has 0 aliphatic heterocycles. The Labute approximate surface area is 196 Å². The maximum atomic E-state index is 12.0. The minimum atomic E-state index is -0.250. The number of carbonyl (C=O) groups is 2. The fourth-order valence-electron chi connectivity index (χ4n) is 2.75. The molecule has 2 amide bonds. The Kier molecular flexibility index (Phi) is 8.96. The Hall–Kier alpha value is -3.72. The Morgan fingerprint density at radius 1 is 1.00 bits per heavy atom. The van der Waals surface area contributed by atoms with Gasteiger partial charge in [-0.25, -0.2) is 15.4 Å². The number of nitrogens with one attached hydrogen (secondary N) is 2. The van der Waals surface area contributed by atoms with Crippen molar-refractivity contribution >= 4 is 29.8 Å². The summed E-state index contributed by atoms with van der Waals surface area (Å²) in [7, 11) is 0. The van der Waals surface area contributed by atoms with E-state index in [1.54, 1.807) is 24.3 Å². The van der Waals surface area contributed by atoms with Crippen LogP contribution in [0.25, 0.3) is 0 Å². The van der Waals surface area contributed by atoms with Gasteiger partial charge in [0, 0.05) is 17.9 Å². The number of nitrogens with zero attached hydrogens (tertiary/aromatic N) is 3. The monoisotopic (exact) mass is 463 g/mol. The fraction of sp³-hybridized carbons (Fsp3) is 0.208. The number of hydrogen-bond donors (Lipinski definition) is 2. The van der Waals surface area contributed by atoms with Crippen LogP contribution >= 0.6 is 11.8 Å². The van der Waals surface area contributed by atoms with E-state index in [1.165, 1.54) is 18.0 Å². The highest BCUT2D eigenvalue weighted by molar-refractivity contribution is 7.99. The molecule has 0 bridgehead atoms. The lowest BCUT2D eigenvalue weighted by Gasteiger charge is -2.08. The molecule has 0 saturated heterocycles. The summed E-state index contributed by atoms with van der Waals surface area (Å²) >= 11 is 1.26. The van der Waals surface area contributed by atoms with Gasteiger partial charge in [-0.2, -0.15) is 5.10 Å². The number of aromatic nitrogens is 2. The van der Waals surface area contributed by atoms with E-state index in [0.29, 0.717) is 17.5 Å². The smallest absolute Gasteiger partial charge is 0.258 e. The van der Waals surface area contributed by atoms with Crippen molar-refractivity contribution in [1.82, 2.24) is 20.7 Å². The number of aryl methyl sites for hydroxylation is 2. The molecule has 170 valence electrons. The average Bonchev–Trinajstić information content (AvgIpc) is 2.81. The molecule has 3 rings (SSSR count). The number of amides is 2. The van der Waals surface area contributed by atoms with Gasteiger partial charge in [0.05, 0.1) is 12.0 Å². The van der Waals surface area contributed by atoms with Crippen LogP contribution in [0.2, 0.25) is 0 Å². The van der Waals surface area contributed by atoms with E-state index in [9.17, 15) is 9.59 Å². The maximum absolute atomic E-state index is 12.0. The molecule has 33 heavy (non-hydrogen) atoms. The first-order chi connectivity index (χ1) is 16.0. The van der Waals surface area contributed by atoms with Crippen molar-refractivity contribution < 1.29 is 14.3 Å². The largest absolute Gasteiger partial charge is 0.484 e. The highest BCUT2D eigenvalue weighted by Gasteiger charge is 2.06. The summed E-state index contributed by atoms with van der Waals surface area (Å²) in [6.45, 7) is 4.17. The third-order valence-corrected chi connectivity index (χ3v) is 5.13. The molecule has 1 aromatic heterocycles. The number of thioether (sulfide) groups is 1. The summed E-state index contributed by atoms with van der Waals surface area (Å²) in [5, 5.41) is 7.34. The van der Waals surface area contributed by atoms with Gasteiger partial charge in [0.15, 0.2) is 11.8 Å². The summed E-state index contributed by atoms with van der Waals surface area (Å²) in [5.41, 5.74) is 6.02. The van der Waals surface area contributed by atoms with Crippen molar-refractivity contribution in [2.24, 2.45) is 5.10 Å². The summed E-state index contributed by atoms with van der Waals surface area (Å²) in [4.78, 5) is 32.5.